The molecule has 2 fully saturated rings. The molecule has 2 saturated heterocycles. The number of aromatic nitrogens is 4. The molecule has 2 aromatic heterocycles. The number of fused-ring (bicyclic) bond motifs is 2. The summed E-state index contributed by atoms with van der Waals surface area (Å²) in [4.78, 5) is 23.2. The maximum Gasteiger partial charge on any atom is 0.406 e. The fourth-order valence-electron chi connectivity index (χ4n) is 3.89. The molecule has 0 saturated carbocycles. The highest BCUT2D eigenvalue weighted by molar-refractivity contribution is 7.51. The maximum atomic E-state index is 13.5. The van der Waals surface area contributed by atoms with Crippen LogP contribution in [0.4, 0.5) is 5.82 Å². The van der Waals surface area contributed by atoms with Crippen LogP contribution < -0.4 is 10.8 Å². The van der Waals surface area contributed by atoms with Crippen LogP contribution in [-0.2, 0) is 27.9 Å². The van der Waals surface area contributed by atoms with Gasteiger partial charge in [-0.15, -0.1) is 11.6 Å². The minimum absolute atomic E-state index is 0.00585. The Morgan fingerprint density at radius 2 is 2.12 bits per heavy atom. The first kappa shape index (κ1) is 25.3. The van der Waals surface area contributed by atoms with Crippen LogP contribution in [0.15, 0.2) is 12.7 Å². The Kier molecular flexibility index (Phi) is 6.93. The molecule has 2 aliphatic heterocycles. The number of alkyl halides is 1. The summed E-state index contributed by atoms with van der Waals surface area (Å²) in [5.74, 6) is -0.389. The SMILES string of the molecule is CC(C)C(=O)OC[C@@H](N[P@@]1(=O)OC[C@H]2O[C@@H](n3cnc4c(N)ncnc43)[C@](C)(Cl)[C@@H]2O1)C(C)C. The molecule has 0 unspecified atom stereocenters. The lowest BCUT2D eigenvalue weighted by atomic mass is 10.0. The van der Waals surface area contributed by atoms with Gasteiger partial charge in [0.1, 0.15) is 35.5 Å². The van der Waals surface area contributed by atoms with Gasteiger partial charge < -0.3 is 15.2 Å². The molecule has 0 radical (unpaired) electrons. The summed E-state index contributed by atoms with van der Waals surface area (Å²) < 4.78 is 38.2. The number of hydrogen-bond acceptors (Lipinski definition) is 10. The third-order valence-corrected chi connectivity index (χ3v) is 8.03. The minimum Gasteiger partial charge on any atom is -0.464 e. The van der Waals surface area contributed by atoms with Gasteiger partial charge in [0.25, 0.3) is 0 Å². The monoisotopic (exact) mass is 516 g/mol. The molecule has 14 heteroatoms. The number of ether oxygens (including phenoxy) is 2. The van der Waals surface area contributed by atoms with Crippen LogP contribution in [0.1, 0.15) is 40.8 Å². The van der Waals surface area contributed by atoms with Crippen molar-refractivity contribution in [1.82, 2.24) is 24.6 Å². The fourth-order valence-corrected chi connectivity index (χ4v) is 6.27. The van der Waals surface area contributed by atoms with Gasteiger partial charge in [0.05, 0.1) is 24.9 Å². The Morgan fingerprint density at radius 3 is 2.79 bits per heavy atom. The zero-order valence-corrected chi connectivity index (χ0v) is 21.3. The Bertz CT molecular complexity index is 1110. The van der Waals surface area contributed by atoms with E-state index in [1.807, 2.05) is 13.8 Å². The summed E-state index contributed by atoms with van der Waals surface area (Å²) in [5, 5.41) is 2.93. The summed E-state index contributed by atoms with van der Waals surface area (Å²) in [7, 11) is -3.79. The van der Waals surface area contributed by atoms with Crippen LogP contribution in [0.3, 0.4) is 0 Å². The van der Waals surface area contributed by atoms with Gasteiger partial charge in [0.2, 0.25) is 0 Å². The lowest BCUT2D eigenvalue weighted by molar-refractivity contribution is -0.148. The molecule has 0 aromatic carbocycles. The Balaban J connectivity index is 1.52. The number of halogens is 1. The highest BCUT2D eigenvalue weighted by atomic mass is 35.5. The van der Waals surface area contributed by atoms with Crippen molar-refractivity contribution in [2.45, 2.75) is 64.0 Å². The third kappa shape index (κ3) is 4.67. The van der Waals surface area contributed by atoms with E-state index >= 15 is 0 Å². The predicted octanol–water partition coefficient (Wildman–Crippen LogP) is 2.64. The fraction of sp³-hybridized carbons (Fsp3) is 0.700. The van der Waals surface area contributed by atoms with Crippen molar-refractivity contribution in [3.05, 3.63) is 12.7 Å². The minimum atomic E-state index is -3.79. The highest BCUT2D eigenvalue weighted by Crippen LogP contribution is 2.58. The molecular weight excluding hydrogens is 487 g/mol. The van der Waals surface area contributed by atoms with E-state index in [1.165, 1.54) is 12.7 Å². The zero-order chi connectivity index (χ0) is 24.8. The molecule has 0 aliphatic carbocycles. The molecule has 0 amide bonds. The van der Waals surface area contributed by atoms with Gasteiger partial charge in [0.15, 0.2) is 17.7 Å². The lowest BCUT2D eigenvalue weighted by Gasteiger charge is -2.37. The Labute approximate surface area is 202 Å². The van der Waals surface area contributed by atoms with Gasteiger partial charge in [-0.05, 0) is 12.8 Å². The van der Waals surface area contributed by atoms with Gasteiger partial charge in [-0.2, -0.15) is 0 Å². The van der Waals surface area contributed by atoms with E-state index < -0.39 is 37.1 Å². The van der Waals surface area contributed by atoms with Crippen LogP contribution in [0.2, 0.25) is 0 Å². The average Bonchev–Trinajstić information content (AvgIpc) is 3.30. The first-order valence-corrected chi connectivity index (χ1v) is 13.0. The average molecular weight is 517 g/mol. The first-order valence-electron chi connectivity index (χ1n) is 11.1. The molecule has 0 spiro atoms. The first-order chi connectivity index (χ1) is 15.9. The van der Waals surface area contributed by atoms with Gasteiger partial charge in [-0.1, -0.05) is 27.7 Å². The number of hydrogen-bond donors (Lipinski definition) is 2. The molecule has 34 heavy (non-hydrogen) atoms. The second-order valence-electron chi connectivity index (χ2n) is 9.34. The van der Waals surface area contributed by atoms with Crippen LogP contribution >= 0.6 is 19.3 Å². The summed E-state index contributed by atoms with van der Waals surface area (Å²) in [5.41, 5.74) is 6.78. The molecule has 2 aromatic rings. The number of nitrogens with zero attached hydrogens (tertiary/aromatic N) is 4. The molecular formula is C20H30ClN6O6P. The molecule has 12 nitrogen and oxygen atoms in total. The van der Waals surface area contributed by atoms with Crippen molar-refractivity contribution in [3.63, 3.8) is 0 Å². The molecule has 188 valence electrons. The largest absolute Gasteiger partial charge is 0.464 e. The van der Waals surface area contributed by atoms with E-state index in [2.05, 4.69) is 20.0 Å². The summed E-state index contributed by atoms with van der Waals surface area (Å²) in [6.45, 7) is 9.08. The van der Waals surface area contributed by atoms with Crippen LogP contribution in [-0.4, -0.2) is 61.8 Å². The van der Waals surface area contributed by atoms with E-state index in [0.29, 0.717) is 11.2 Å². The number of esters is 1. The second-order valence-corrected chi connectivity index (χ2v) is 11.9. The van der Waals surface area contributed by atoms with Crippen molar-refractivity contribution >= 4 is 42.3 Å². The lowest BCUT2D eigenvalue weighted by Crippen LogP contribution is -2.47. The summed E-state index contributed by atoms with van der Waals surface area (Å²) in [6, 6.07) is -0.456. The van der Waals surface area contributed by atoms with Crippen LogP contribution in [0.5, 0.6) is 0 Å². The van der Waals surface area contributed by atoms with Crippen LogP contribution in [0, 0.1) is 11.8 Å². The third-order valence-electron chi connectivity index (χ3n) is 5.99. The molecule has 4 heterocycles. The van der Waals surface area contributed by atoms with Gasteiger partial charge in [-0.25, -0.2) is 24.6 Å². The second kappa shape index (κ2) is 9.33. The molecule has 3 N–H and O–H groups in total. The number of rotatable bonds is 7. The number of carbonyl (C=O) groups is 1. The van der Waals surface area contributed by atoms with Crippen LogP contribution in [0.25, 0.3) is 11.2 Å². The molecule has 2 aliphatic rings. The number of nitrogen functional groups attached to an aromatic ring is 1. The van der Waals surface area contributed by atoms with Gasteiger partial charge >= 0.3 is 13.7 Å². The standard InChI is InChI=1S/C20H30ClN6O6P/c1-10(2)12(6-30-18(28)11(3)4)26-34(29)31-7-13-15(33-34)20(5,21)19(32-13)27-9-25-14-16(22)23-8-24-17(14)27/h8-13,15,19H,6-7H2,1-5H3,(H,26,29)(H2,22,23,24)/t12-,13-,15-,19-,20-,34-/m1/s1. The smallest absolute Gasteiger partial charge is 0.406 e. The van der Waals surface area contributed by atoms with E-state index in [-0.39, 0.29) is 36.8 Å². The predicted molar refractivity (Wildman–Crippen MR) is 124 cm³/mol. The van der Waals surface area contributed by atoms with Crippen molar-refractivity contribution < 1.29 is 27.9 Å². The number of nitrogens with one attached hydrogen (secondary N) is 1. The van der Waals surface area contributed by atoms with Crippen molar-refractivity contribution in [2.75, 3.05) is 18.9 Å². The van der Waals surface area contributed by atoms with E-state index in [0.717, 1.165) is 0 Å². The van der Waals surface area contributed by atoms with E-state index in [9.17, 15) is 9.36 Å². The van der Waals surface area contributed by atoms with Crippen molar-refractivity contribution in [2.24, 2.45) is 11.8 Å². The molecule has 4 rings (SSSR count). The topological polar surface area (TPSA) is 153 Å². The number of imidazole rings is 1. The summed E-state index contributed by atoms with van der Waals surface area (Å²) >= 11 is 6.96. The number of nitrogens with two attached hydrogens (primary N) is 1. The van der Waals surface area contributed by atoms with Gasteiger partial charge in [-0.3, -0.25) is 18.4 Å². The molecule has 0 bridgehead atoms. The maximum absolute atomic E-state index is 13.5. The number of carbonyl (C=O) groups excluding carboxylic acids is 1. The van der Waals surface area contributed by atoms with Gasteiger partial charge in [0, 0.05) is 0 Å². The quantitative estimate of drug-likeness (QED) is 0.317. The van der Waals surface area contributed by atoms with E-state index in [4.69, 9.17) is 35.9 Å². The highest BCUT2D eigenvalue weighted by Gasteiger charge is 2.60. The van der Waals surface area contributed by atoms with Crippen molar-refractivity contribution in [3.8, 4) is 0 Å². The Morgan fingerprint density at radius 1 is 1.38 bits per heavy atom. The zero-order valence-electron chi connectivity index (χ0n) is 19.7. The normalized spacial score (nSPS) is 32.3. The van der Waals surface area contributed by atoms with E-state index in [1.54, 1.807) is 25.3 Å². The molecule has 6 atom stereocenters. The van der Waals surface area contributed by atoms with Crippen molar-refractivity contribution in [1.29, 1.82) is 0 Å². The summed E-state index contributed by atoms with van der Waals surface area (Å²) in [6.07, 6.45) is 0.762. The Hall–Kier alpha value is -1.82. The number of anilines is 1.